The van der Waals surface area contributed by atoms with Gasteiger partial charge in [0.05, 0.1) is 5.60 Å². The Hall–Kier alpha value is -1.13. The molecule has 0 aromatic heterocycles. The zero-order valence-corrected chi connectivity index (χ0v) is 10.1. The number of hydrogen-bond donors (Lipinski definition) is 2. The van der Waals surface area contributed by atoms with Crippen molar-refractivity contribution >= 4 is 5.69 Å². The van der Waals surface area contributed by atoms with Gasteiger partial charge in [-0.15, -0.1) is 0 Å². The summed E-state index contributed by atoms with van der Waals surface area (Å²) in [6.07, 6.45) is 1.54. The number of likely N-dealkylation sites (tertiary alicyclic amines) is 1. The molecular formula is C13H19FN2O. The standard InChI is InChI=1S/C13H19FN2O/c1-13(17)4-6-16(7-5-13)9-10-2-3-11(14)8-12(10)15/h2-3,8,17H,4-7,9,15H2,1H3. The minimum atomic E-state index is -0.537. The van der Waals surface area contributed by atoms with Crippen molar-refractivity contribution in [3.63, 3.8) is 0 Å². The summed E-state index contributed by atoms with van der Waals surface area (Å²) in [6.45, 7) is 4.30. The Morgan fingerprint density at radius 3 is 2.65 bits per heavy atom. The summed E-state index contributed by atoms with van der Waals surface area (Å²) in [5.41, 5.74) is 6.69. The van der Waals surface area contributed by atoms with Gasteiger partial charge in [-0.3, -0.25) is 4.90 Å². The predicted molar refractivity (Wildman–Crippen MR) is 65.9 cm³/mol. The van der Waals surface area contributed by atoms with E-state index in [1.165, 1.54) is 12.1 Å². The number of hydrogen-bond acceptors (Lipinski definition) is 3. The Morgan fingerprint density at radius 2 is 2.06 bits per heavy atom. The second-order valence-corrected chi connectivity index (χ2v) is 5.12. The van der Waals surface area contributed by atoms with Gasteiger partial charge < -0.3 is 10.8 Å². The first-order valence-electron chi connectivity index (χ1n) is 5.95. The van der Waals surface area contributed by atoms with Crippen molar-refractivity contribution in [1.82, 2.24) is 4.90 Å². The van der Waals surface area contributed by atoms with Crippen molar-refractivity contribution in [1.29, 1.82) is 0 Å². The third-order valence-corrected chi connectivity index (χ3v) is 3.44. The lowest BCUT2D eigenvalue weighted by Gasteiger charge is -2.35. The molecular weight excluding hydrogens is 219 g/mol. The van der Waals surface area contributed by atoms with Gasteiger partial charge in [-0.25, -0.2) is 4.39 Å². The molecule has 4 heteroatoms. The second-order valence-electron chi connectivity index (χ2n) is 5.12. The fraction of sp³-hybridized carbons (Fsp3) is 0.538. The normalized spacial score (nSPS) is 20.4. The van der Waals surface area contributed by atoms with E-state index in [2.05, 4.69) is 4.90 Å². The van der Waals surface area contributed by atoms with E-state index < -0.39 is 5.60 Å². The largest absolute Gasteiger partial charge is 0.398 e. The molecule has 0 amide bonds. The zero-order valence-electron chi connectivity index (χ0n) is 10.1. The van der Waals surface area contributed by atoms with E-state index in [0.717, 1.165) is 38.0 Å². The van der Waals surface area contributed by atoms with Crippen LogP contribution in [0.5, 0.6) is 0 Å². The van der Waals surface area contributed by atoms with E-state index in [9.17, 15) is 9.50 Å². The molecule has 1 aromatic rings. The summed E-state index contributed by atoms with van der Waals surface area (Å²) in [5.74, 6) is -0.298. The van der Waals surface area contributed by atoms with E-state index in [0.29, 0.717) is 5.69 Å². The van der Waals surface area contributed by atoms with Crippen LogP contribution in [0.4, 0.5) is 10.1 Å². The van der Waals surface area contributed by atoms with Gasteiger partial charge in [-0.05, 0) is 37.5 Å². The van der Waals surface area contributed by atoms with Crippen molar-refractivity contribution in [2.45, 2.75) is 31.9 Å². The lowest BCUT2D eigenvalue weighted by Crippen LogP contribution is -2.42. The SMILES string of the molecule is CC1(O)CCN(Cc2ccc(F)cc2N)CC1. The van der Waals surface area contributed by atoms with Crippen LogP contribution >= 0.6 is 0 Å². The van der Waals surface area contributed by atoms with Gasteiger partial charge in [0.15, 0.2) is 0 Å². The predicted octanol–water partition coefficient (Wildman–Crippen LogP) is 1.75. The number of rotatable bonds is 2. The summed E-state index contributed by atoms with van der Waals surface area (Å²) in [6, 6.07) is 4.53. The lowest BCUT2D eigenvalue weighted by molar-refractivity contribution is -0.00724. The highest BCUT2D eigenvalue weighted by molar-refractivity contribution is 5.46. The minimum Gasteiger partial charge on any atom is -0.398 e. The summed E-state index contributed by atoms with van der Waals surface area (Å²) >= 11 is 0. The van der Waals surface area contributed by atoms with Crippen LogP contribution in [-0.4, -0.2) is 28.7 Å². The first-order chi connectivity index (χ1) is 7.96. The fourth-order valence-electron chi connectivity index (χ4n) is 2.14. The first kappa shape index (κ1) is 12.3. The number of aliphatic hydroxyl groups is 1. The van der Waals surface area contributed by atoms with E-state index in [1.54, 1.807) is 6.07 Å². The van der Waals surface area contributed by atoms with Crippen molar-refractivity contribution < 1.29 is 9.50 Å². The highest BCUT2D eigenvalue weighted by atomic mass is 19.1. The number of nitrogen functional groups attached to an aromatic ring is 1. The van der Waals surface area contributed by atoms with Crippen LogP contribution in [-0.2, 0) is 6.54 Å². The molecule has 1 aliphatic rings. The molecule has 0 saturated carbocycles. The Labute approximate surface area is 101 Å². The smallest absolute Gasteiger partial charge is 0.125 e. The van der Waals surface area contributed by atoms with Gasteiger partial charge in [0, 0.05) is 25.3 Å². The van der Waals surface area contributed by atoms with Crippen LogP contribution in [0.3, 0.4) is 0 Å². The van der Waals surface area contributed by atoms with Gasteiger partial charge in [-0.1, -0.05) is 6.07 Å². The quantitative estimate of drug-likeness (QED) is 0.772. The van der Waals surface area contributed by atoms with Crippen molar-refractivity contribution in [3.8, 4) is 0 Å². The molecule has 1 saturated heterocycles. The van der Waals surface area contributed by atoms with Crippen LogP contribution < -0.4 is 5.73 Å². The highest BCUT2D eigenvalue weighted by Crippen LogP contribution is 2.23. The summed E-state index contributed by atoms with van der Waals surface area (Å²) in [7, 11) is 0. The zero-order chi connectivity index (χ0) is 12.5. The van der Waals surface area contributed by atoms with E-state index in [1.807, 2.05) is 6.92 Å². The Balaban J connectivity index is 1.98. The molecule has 17 heavy (non-hydrogen) atoms. The molecule has 94 valence electrons. The van der Waals surface area contributed by atoms with Crippen LogP contribution in [0.2, 0.25) is 0 Å². The Morgan fingerprint density at radius 1 is 1.41 bits per heavy atom. The number of piperidine rings is 1. The van der Waals surface area contributed by atoms with Crippen molar-refractivity contribution in [2.75, 3.05) is 18.8 Å². The van der Waals surface area contributed by atoms with E-state index >= 15 is 0 Å². The third-order valence-electron chi connectivity index (χ3n) is 3.44. The van der Waals surface area contributed by atoms with Crippen molar-refractivity contribution in [2.24, 2.45) is 0 Å². The van der Waals surface area contributed by atoms with Crippen LogP contribution in [0, 0.1) is 5.82 Å². The molecule has 0 unspecified atom stereocenters. The number of halogens is 1. The van der Waals surface area contributed by atoms with Gasteiger partial charge in [0.25, 0.3) is 0 Å². The fourth-order valence-corrected chi connectivity index (χ4v) is 2.14. The molecule has 0 atom stereocenters. The van der Waals surface area contributed by atoms with Crippen molar-refractivity contribution in [3.05, 3.63) is 29.6 Å². The summed E-state index contributed by atoms with van der Waals surface area (Å²) in [4.78, 5) is 2.24. The minimum absolute atomic E-state index is 0.298. The maximum atomic E-state index is 12.9. The molecule has 1 aromatic carbocycles. The molecule has 0 spiro atoms. The maximum absolute atomic E-state index is 12.9. The average molecular weight is 238 g/mol. The molecule has 3 nitrogen and oxygen atoms in total. The molecule has 2 rings (SSSR count). The molecule has 0 bridgehead atoms. The topological polar surface area (TPSA) is 49.5 Å². The van der Waals surface area contributed by atoms with E-state index in [4.69, 9.17) is 5.73 Å². The Bertz CT molecular complexity index is 396. The molecule has 1 heterocycles. The van der Waals surface area contributed by atoms with Crippen LogP contribution in [0.15, 0.2) is 18.2 Å². The number of anilines is 1. The molecule has 3 N–H and O–H groups in total. The Kier molecular flexibility index (Phi) is 3.35. The summed E-state index contributed by atoms with van der Waals surface area (Å²) in [5, 5.41) is 9.85. The summed E-state index contributed by atoms with van der Waals surface area (Å²) < 4.78 is 12.9. The lowest BCUT2D eigenvalue weighted by atomic mass is 9.93. The van der Waals surface area contributed by atoms with Gasteiger partial charge in [0.1, 0.15) is 5.82 Å². The van der Waals surface area contributed by atoms with E-state index in [-0.39, 0.29) is 5.82 Å². The molecule has 0 radical (unpaired) electrons. The monoisotopic (exact) mass is 238 g/mol. The van der Waals surface area contributed by atoms with Gasteiger partial charge in [0.2, 0.25) is 0 Å². The number of nitrogens with two attached hydrogens (primary N) is 1. The second kappa shape index (κ2) is 4.63. The average Bonchev–Trinajstić information content (AvgIpc) is 2.25. The number of nitrogens with zero attached hydrogens (tertiary/aromatic N) is 1. The molecule has 1 fully saturated rings. The molecule has 0 aliphatic carbocycles. The van der Waals surface area contributed by atoms with Crippen LogP contribution in [0.1, 0.15) is 25.3 Å². The maximum Gasteiger partial charge on any atom is 0.125 e. The third kappa shape index (κ3) is 3.17. The molecule has 1 aliphatic heterocycles. The van der Waals surface area contributed by atoms with Gasteiger partial charge >= 0.3 is 0 Å². The van der Waals surface area contributed by atoms with Crippen LogP contribution in [0.25, 0.3) is 0 Å². The first-order valence-corrected chi connectivity index (χ1v) is 5.95. The van der Waals surface area contributed by atoms with Gasteiger partial charge in [-0.2, -0.15) is 0 Å². The number of benzene rings is 1. The highest BCUT2D eigenvalue weighted by Gasteiger charge is 2.27.